The van der Waals surface area contributed by atoms with E-state index in [4.69, 9.17) is 0 Å². The molecule has 164 valence electrons. The number of carbonyl (C=O) groups is 3. The molecular formula is C21H29ClN4O3S. The first-order chi connectivity index (χ1) is 14.0. The zero-order valence-electron chi connectivity index (χ0n) is 17.1. The molecule has 2 amide bonds. The summed E-state index contributed by atoms with van der Waals surface area (Å²) in [6, 6.07) is 8.50. The molecule has 1 aliphatic heterocycles. The molecule has 1 saturated carbocycles. The molecule has 2 N–H and O–H groups in total. The molecule has 9 heteroatoms. The van der Waals surface area contributed by atoms with E-state index < -0.39 is 17.7 Å². The van der Waals surface area contributed by atoms with Crippen LogP contribution in [0.3, 0.4) is 0 Å². The quantitative estimate of drug-likeness (QED) is 0.489. The van der Waals surface area contributed by atoms with Crippen LogP contribution in [0, 0.1) is 5.92 Å². The van der Waals surface area contributed by atoms with E-state index >= 15 is 0 Å². The number of hydrazone groups is 1. The summed E-state index contributed by atoms with van der Waals surface area (Å²) in [7, 11) is 1.88. The molecule has 30 heavy (non-hydrogen) atoms. The molecule has 1 aliphatic carbocycles. The van der Waals surface area contributed by atoms with E-state index in [9.17, 15) is 14.4 Å². The van der Waals surface area contributed by atoms with Crippen molar-refractivity contribution in [3.63, 3.8) is 0 Å². The SMILES string of the molecule is CN1CCSC1=NNC(=O)C(=O)[C@H](Cc1ccccc1)NC(=O)C1CCCCC1.Cl. The van der Waals surface area contributed by atoms with Crippen LogP contribution in [0.2, 0.25) is 0 Å². The molecule has 3 rings (SSSR count). The first-order valence-corrected chi connectivity index (χ1v) is 11.1. The van der Waals surface area contributed by atoms with Gasteiger partial charge in [0.1, 0.15) is 6.04 Å². The van der Waals surface area contributed by atoms with Gasteiger partial charge in [-0.05, 0) is 18.4 Å². The maximum atomic E-state index is 12.8. The number of rotatable bonds is 7. The molecule has 0 spiro atoms. The number of hydrogen-bond acceptors (Lipinski definition) is 5. The molecule has 1 aromatic carbocycles. The maximum Gasteiger partial charge on any atom is 0.309 e. The third kappa shape index (κ3) is 6.74. The van der Waals surface area contributed by atoms with E-state index in [1.807, 2.05) is 42.3 Å². The van der Waals surface area contributed by atoms with Crippen LogP contribution in [0.15, 0.2) is 35.4 Å². The summed E-state index contributed by atoms with van der Waals surface area (Å²) < 4.78 is 0. The third-order valence-corrected chi connectivity index (χ3v) is 6.40. The Hall–Kier alpha value is -2.06. The van der Waals surface area contributed by atoms with E-state index in [-0.39, 0.29) is 30.7 Å². The molecule has 1 aromatic rings. The van der Waals surface area contributed by atoms with E-state index in [0.29, 0.717) is 5.17 Å². The molecule has 1 heterocycles. The average molecular weight is 453 g/mol. The molecule has 1 atom stereocenters. The van der Waals surface area contributed by atoms with Crippen LogP contribution in [-0.2, 0) is 20.8 Å². The summed E-state index contributed by atoms with van der Waals surface area (Å²) in [4.78, 5) is 39.9. The second-order valence-corrected chi connectivity index (χ2v) is 8.62. The number of nitrogens with one attached hydrogen (secondary N) is 2. The number of thioether (sulfide) groups is 1. The Morgan fingerprint density at radius 1 is 1.17 bits per heavy atom. The van der Waals surface area contributed by atoms with Gasteiger partial charge < -0.3 is 10.2 Å². The van der Waals surface area contributed by atoms with E-state index in [1.54, 1.807) is 0 Å². The second-order valence-electron chi connectivity index (χ2n) is 7.56. The molecule has 2 fully saturated rings. The van der Waals surface area contributed by atoms with Crippen LogP contribution in [0.25, 0.3) is 0 Å². The lowest BCUT2D eigenvalue weighted by Crippen LogP contribution is -2.49. The number of amides is 2. The lowest BCUT2D eigenvalue weighted by molar-refractivity contribution is -0.140. The molecule has 1 saturated heterocycles. The van der Waals surface area contributed by atoms with E-state index in [0.717, 1.165) is 50.0 Å². The molecule has 0 unspecified atom stereocenters. The minimum absolute atomic E-state index is 0. The van der Waals surface area contributed by atoms with Crippen molar-refractivity contribution in [2.24, 2.45) is 11.0 Å². The molecule has 0 bridgehead atoms. The summed E-state index contributed by atoms with van der Waals surface area (Å²) >= 11 is 1.52. The van der Waals surface area contributed by atoms with Gasteiger partial charge in [0.25, 0.3) is 0 Å². The van der Waals surface area contributed by atoms with Crippen molar-refractivity contribution < 1.29 is 14.4 Å². The predicted molar refractivity (Wildman–Crippen MR) is 122 cm³/mol. The molecule has 0 aromatic heterocycles. The van der Waals surface area contributed by atoms with Gasteiger partial charge in [-0.2, -0.15) is 0 Å². The fourth-order valence-electron chi connectivity index (χ4n) is 3.62. The molecule has 7 nitrogen and oxygen atoms in total. The number of nitrogens with zero attached hydrogens (tertiary/aromatic N) is 2. The number of carbonyl (C=O) groups excluding carboxylic acids is 3. The van der Waals surface area contributed by atoms with Crippen LogP contribution in [0.1, 0.15) is 37.7 Å². The highest BCUT2D eigenvalue weighted by Crippen LogP contribution is 2.24. The number of amidine groups is 1. The molecule has 2 aliphatic rings. The van der Waals surface area contributed by atoms with Gasteiger partial charge in [0, 0.05) is 31.7 Å². The molecular weight excluding hydrogens is 424 g/mol. The van der Waals surface area contributed by atoms with Crippen LogP contribution in [0.4, 0.5) is 0 Å². The summed E-state index contributed by atoms with van der Waals surface area (Å²) in [6.07, 6.45) is 5.14. The van der Waals surface area contributed by atoms with E-state index in [2.05, 4.69) is 15.8 Å². The van der Waals surface area contributed by atoms with E-state index in [1.165, 1.54) is 11.8 Å². The first kappa shape index (κ1) is 24.2. The smallest absolute Gasteiger partial charge is 0.309 e. The Balaban J connectivity index is 0.00000320. The fourth-order valence-corrected chi connectivity index (χ4v) is 4.59. The number of ketones is 1. The van der Waals surface area contributed by atoms with Gasteiger partial charge in [-0.15, -0.1) is 17.5 Å². The van der Waals surface area contributed by atoms with Crippen molar-refractivity contribution in [1.82, 2.24) is 15.6 Å². The third-order valence-electron chi connectivity index (χ3n) is 5.35. The van der Waals surface area contributed by atoms with Crippen LogP contribution in [-0.4, -0.2) is 53.1 Å². The second kappa shape index (κ2) is 12.0. The van der Waals surface area contributed by atoms with Crippen molar-refractivity contribution in [2.45, 2.75) is 44.6 Å². The number of benzene rings is 1. The monoisotopic (exact) mass is 452 g/mol. The molecule has 0 radical (unpaired) electrons. The zero-order chi connectivity index (χ0) is 20.6. The van der Waals surface area contributed by atoms with Gasteiger partial charge in [0.2, 0.25) is 11.7 Å². The lowest BCUT2D eigenvalue weighted by Gasteiger charge is -2.24. The first-order valence-electron chi connectivity index (χ1n) is 10.1. The highest BCUT2D eigenvalue weighted by Gasteiger charge is 2.30. The van der Waals surface area contributed by atoms with Gasteiger partial charge in [0.15, 0.2) is 5.17 Å². The predicted octanol–water partition coefficient (Wildman–Crippen LogP) is 2.35. The Labute approximate surface area is 187 Å². The van der Waals surface area contributed by atoms with Gasteiger partial charge in [-0.3, -0.25) is 14.4 Å². The Morgan fingerprint density at radius 3 is 2.50 bits per heavy atom. The summed E-state index contributed by atoms with van der Waals surface area (Å²) in [5, 5.41) is 7.57. The van der Waals surface area contributed by atoms with Crippen molar-refractivity contribution in [2.75, 3.05) is 19.3 Å². The Morgan fingerprint density at radius 2 is 1.87 bits per heavy atom. The lowest BCUT2D eigenvalue weighted by atomic mass is 9.88. The Bertz CT molecular complexity index is 769. The van der Waals surface area contributed by atoms with Crippen LogP contribution in [0.5, 0.6) is 0 Å². The van der Waals surface area contributed by atoms with Crippen molar-refractivity contribution in [3.8, 4) is 0 Å². The summed E-state index contributed by atoms with van der Waals surface area (Å²) in [6.45, 7) is 0.849. The standard InChI is InChI=1S/C21H28N4O3S.ClH/c1-25-12-13-29-21(25)24-23-20(28)18(26)17(14-15-8-4-2-5-9-15)22-19(27)16-10-6-3-7-11-16;/h2,4-5,8-9,16-17H,3,6-7,10-14H2,1H3,(H,22,27)(H,23,28);1H/t17-;/m0./s1. The van der Waals surface area contributed by atoms with Crippen molar-refractivity contribution in [1.29, 1.82) is 0 Å². The van der Waals surface area contributed by atoms with Crippen LogP contribution < -0.4 is 10.7 Å². The van der Waals surface area contributed by atoms with Crippen molar-refractivity contribution >= 4 is 46.9 Å². The number of halogens is 1. The van der Waals surface area contributed by atoms with Crippen molar-refractivity contribution in [3.05, 3.63) is 35.9 Å². The Kier molecular flexibility index (Phi) is 9.65. The summed E-state index contributed by atoms with van der Waals surface area (Å²) in [5.41, 5.74) is 3.25. The fraction of sp³-hybridized carbons (Fsp3) is 0.524. The highest BCUT2D eigenvalue weighted by molar-refractivity contribution is 8.14. The van der Waals surface area contributed by atoms with Gasteiger partial charge in [-0.1, -0.05) is 61.4 Å². The van der Waals surface area contributed by atoms with Gasteiger partial charge >= 0.3 is 5.91 Å². The number of hydrogen-bond donors (Lipinski definition) is 2. The minimum atomic E-state index is -0.902. The van der Waals surface area contributed by atoms with Gasteiger partial charge in [-0.25, -0.2) is 5.43 Å². The maximum absolute atomic E-state index is 12.8. The topological polar surface area (TPSA) is 90.9 Å². The number of Topliss-reactive ketones (excluding diaryl/α,β-unsaturated/α-hetero) is 1. The normalized spacial score (nSPS) is 19.1. The van der Waals surface area contributed by atoms with Crippen LogP contribution >= 0.6 is 24.2 Å². The largest absolute Gasteiger partial charge is 0.352 e. The highest BCUT2D eigenvalue weighted by atomic mass is 35.5. The average Bonchev–Trinajstić information content (AvgIpc) is 3.17. The minimum Gasteiger partial charge on any atom is -0.352 e. The summed E-state index contributed by atoms with van der Waals surface area (Å²) in [5.74, 6) is -0.796. The zero-order valence-corrected chi connectivity index (χ0v) is 18.8. The van der Waals surface area contributed by atoms with Gasteiger partial charge in [0.05, 0.1) is 0 Å².